The Balaban J connectivity index is 1.65. The minimum absolute atomic E-state index is 0.0157. The minimum atomic E-state index is -3.19. The van der Waals surface area contributed by atoms with Crippen molar-refractivity contribution in [2.45, 2.75) is 25.9 Å². The van der Waals surface area contributed by atoms with Gasteiger partial charge >= 0.3 is 19.5 Å². The lowest BCUT2D eigenvalue weighted by atomic mass is 9.47. The molecule has 23 heavy (non-hydrogen) atoms. The van der Waals surface area contributed by atoms with E-state index in [2.05, 4.69) is 6.08 Å². The van der Waals surface area contributed by atoms with Gasteiger partial charge in [0.2, 0.25) is 0 Å². The summed E-state index contributed by atoms with van der Waals surface area (Å²) < 4.78 is 29.0. The van der Waals surface area contributed by atoms with Crippen LogP contribution in [0, 0.1) is 35.5 Å². The summed E-state index contributed by atoms with van der Waals surface area (Å²) in [5.74, 6) is -1.32. The summed E-state index contributed by atoms with van der Waals surface area (Å²) in [7, 11) is -3.19. The van der Waals surface area contributed by atoms with E-state index in [-0.39, 0.29) is 41.2 Å². The van der Waals surface area contributed by atoms with E-state index in [1.165, 1.54) is 0 Å². The Bertz CT molecular complexity index is 618. The minimum Gasteiger partial charge on any atom is -0.393 e. The Kier molecular flexibility index (Phi) is 3.56. The predicted molar refractivity (Wildman–Crippen MR) is 80.4 cm³/mol. The summed E-state index contributed by atoms with van der Waals surface area (Å²) in [4.78, 5) is 24.1. The molecule has 0 aromatic carbocycles. The molecule has 0 aromatic heterocycles. The summed E-state index contributed by atoms with van der Waals surface area (Å²) in [6.45, 7) is 4.28. The van der Waals surface area contributed by atoms with Gasteiger partial charge in [-0.15, -0.1) is 0 Å². The molecule has 5 rings (SSSR count). The van der Waals surface area contributed by atoms with Gasteiger partial charge in [0.25, 0.3) is 0 Å². The lowest BCUT2D eigenvalue weighted by Gasteiger charge is -2.59. The summed E-state index contributed by atoms with van der Waals surface area (Å²) in [5, 5.41) is 0. The van der Waals surface area contributed by atoms with Gasteiger partial charge in [-0.3, -0.25) is 14.2 Å². The zero-order chi connectivity index (χ0) is 16.4. The fourth-order valence-electron chi connectivity index (χ4n) is 5.16. The second-order valence-electron chi connectivity index (χ2n) is 6.75. The third-order valence-electron chi connectivity index (χ3n) is 5.93. The van der Waals surface area contributed by atoms with Crippen LogP contribution in [-0.2, 0) is 27.9 Å². The Morgan fingerprint density at radius 2 is 1.65 bits per heavy atom. The number of carbonyl (C=O) groups is 2. The predicted octanol–water partition coefficient (Wildman–Crippen LogP) is 2.39. The first kappa shape index (κ1) is 15.6. The van der Waals surface area contributed by atoms with Gasteiger partial charge < -0.3 is 13.8 Å². The van der Waals surface area contributed by atoms with Crippen LogP contribution in [0.3, 0.4) is 0 Å². The molecule has 3 fully saturated rings. The van der Waals surface area contributed by atoms with Gasteiger partial charge in [-0.1, -0.05) is 12.2 Å². The topological polar surface area (TPSA) is 78.9 Å². The highest BCUT2D eigenvalue weighted by Crippen LogP contribution is 2.71. The van der Waals surface area contributed by atoms with Gasteiger partial charge in [0.15, 0.2) is 0 Å². The molecule has 1 saturated heterocycles. The summed E-state index contributed by atoms with van der Waals surface area (Å²) in [5.41, 5.74) is -0.186. The zero-order valence-electron chi connectivity index (χ0n) is 13.2. The number of hydrogen-bond donors (Lipinski definition) is 0. The summed E-state index contributed by atoms with van der Waals surface area (Å²) in [6.07, 6.45) is 4.79. The summed E-state index contributed by atoms with van der Waals surface area (Å²) >= 11 is 0. The molecule has 126 valence electrons. The maximum Gasteiger partial charge on any atom is 0.334 e. The molecule has 0 amide bonds. The molecule has 1 heterocycles. The third-order valence-corrected chi connectivity index (χ3v) is 8.54. The molecule has 0 aromatic rings. The molecule has 5 aliphatic rings. The van der Waals surface area contributed by atoms with Crippen LogP contribution in [0.4, 0.5) is 0 Å². The van der Waals surface area contributed by atoms with Crippen molar-refractivity contribution in [3.63, 3.8) is 0 Å². The van der Waals surface area contributed by atoms with Crippen LogP contribution < -0.4 is 0 Å². The van der Waals surface area contributed by atoms with Crippen molar-refractivity contribution in [2.24, 2.45) is 35.5 Å². The fraction of sp³-hybridized carbons (Fsp3) is 0.750. The molecular weight excluding hydrogens is 319 g/mol. The third kappa shape index (κ3) is 1.98. The maximum absolute atomic E-state index is 13.1. The molecule has 1 unspecified atom stereocenters. The molecule has 4 aliphatic carbocycles. The number of rotatable bonds is 5. The van der Waals surface area contributed by atoms with Gasteiger partial charge in [-0.2, -0.15) is 0 Å². The van der Waals surface area contributed by atoms with Crippen LogP contribution >= 0.6 is 7.60 Å². The summed E-state index contributed by atoms with van der Waals surface area (Å²) in [6, 6.07) is 0. The first-order valence-corrected chi connectivity index (χ1v) is 9.95. The maximum atomic E-state index is 13.1. The molecule has 2 saturated carbocycles. The first-order valence-electron chi connectivity index (χ1n) is 8.34. The standard InChI is InChI=1S/C16H21O6P/c1-3-20-23(19,21-4-2)11-7-10-8-5-6-9(12(10)11)14-13(8)15(17)22-16(14)18/h5-6,8-14H,3-4,7H2,1-2H3/t8-,9+,10+,11?,12-,13-,14+/m1/s1. The van der Waals surface area contributed by atoms with E-state index in [1.807, 2.05) is 6.08 Å². The molecule has 7 heteroatoms. The highest BCUT2D eigenvalue weighted by atomic mass is 31.2. The van der Waals surface area contributed by atoms with Crippen molar-refractivity contribution in [1.82, 2.24) is 0 Å². The van der Waals surface area contributed by atoms with E-state index in [1.54, 1.807) is 13.8 Å². The van der Waals surface area contributed by atoms with E-state index in [4.69, 9.17) is 13.8 Å². The van der Waals surface area contributed by atoms with Crippen molar-refractivity contribution in [1.29, 1.82) is 0 Å². The number of cyclic esters (lactones) is 2. The average Bonchev–Trinajstić information content (AvgIpc) is 2.76. The number of ether oxygens (including phenoxy) is 1. The lowest BCUT2D eigenvalue weighted by Crippen LogP contribution is -2.59. The first-order chi connectivity index (χ1) is 11.0. The molecule has 0 radical (unpaired) electrons. The van der Waals surface area contributed by atoms with Crippen LogP contribution in [0.1, 0.15) is 20.3 Å². The van der Waals surface area contributed by atoms with Gasteiger partial charge in [-0.25, -0.2) is 0 Å². The average molecular weight is 340 g/mol. The lowest BCUT2D eigenvalue weighted by molar-refractivity contribution is -0.154. The number of allylic oxidation sites excluding steroid dienone is 2. The Hall–Kier alpha value is -0.970. The fourth-order valence-corrected chi connectivity index (χ4v) is 7.68. The monoisotopic (exact) mass is 340 g/mol. The number of hydrogen-bond acceptors (Lipinski definition) is 6. The molecule has 2 bridgehead atoms. The Morgan fingerprint density at radius 3 is 2.26 bits per heavy atom. The van der Waals surface area contributed by atoms with Crippen LogP contribution in [0.25, 0.3) is 0 Å². The van der Waals surface area contributed by atoms with Crippen molar-refractivity contribution in [3.8, 4) is 0 Å². The number of carbonyl (C=O) groups excluding carboxylic acids is 2. The Labute approximate surface area is 135 Å². The van der Waals surface area contributed by atoms with Crippen molar-refractivity contribution < 1.29 is 27.9 Å². The van der Waals surface area contributed by atoms with Gasteiger partial charge in [0, 0.05) is 0 Å². The molecule has 0 N–H and O–H groups in total. The van der Waals surface area contributed by atoms with Gasteiger partial charge in [-0.05, 0) is 43.9 Å². The highest BCUT2D eigenvalue weighted by molar-refractivity contribution is 7.54. The van der Waals surface area contributed by atoms with Crippen LogP contribution in [0.5, 0.6) is 0 Å². The van der Waals surface area contributed by atoms with Gasteiger partial charge in [0.05, 0.1) is 30.7 Å². The largest absolute Gasteiger partial charge is 0.393 e. The SMILES string of the molecule is CCOP(=O)(OCC)C1C[C@H]2[C@H]3C=C[C@H]([C@@H]4C(=O)OC(=O)[C@H]34)[C@@H]12. The Morgan fingerprint density at radius 1 is 1.09 bits per heavy atom. The zero-order valence-corrected chi connectivity index (χ0v) is 14.1. The highest BCUT2D eigenvalue weighted by Gasteiger charge is 2.68. The molecule has 6 nitrogen and oxygen atoms in total. The van der Waals surface area contributed by atoms with Gasteiger partial charge in [0.1, 0.15) is 0 Å². The van der Waals surface area contributed by atoms with E-state index >= 15 is 0 Å². The molecular formula is C16H21O6P. The molecule has 1 aliphatic heterocycles. The van der Waals surface area contributed by atoms with Crippen molar-refractivity contribution in [2.75, 3.05) is 13.2 Å². The van der Waals surface area contributed by atoms with Crippen molar-refractivity contribution >= 4 is 19.5 Å². The van der Waals surface area contributed by atoms with Crippen LogP contribution in [0.2, 0.25) is 0 Å². The van der Waals surface area contributed by atoms with Crippen molar-refractivity contribution in [3.05, 3.63) is 12.2 Å². The van der Waals surface area contributed by atoms with E-state index in [9.17, 15) is 14.2 Å². The van der Waals surface area contributed by atoms with E-state index in [0.29, 0.717) is 13.2 Å². The normalized spacial score (nSPS) is 43.8. The van der Waals surface area contributed by atoms with E-state index < -0.39 is 19.5 Å². The molecule has 7 atom stereocenters. The van der Waals surface area contributed by atoms with E-state index in [0.717, 1.165) is 6.42 Å². The molecule has 0 spiro atoms. The number of esters is 2. The van der Waals surface area contributed by atoms with Crippen LogP contribution in [0.15, 0.2) is 12.2 Å². The second-order valence-corrected chi connectivity index (χ2v) is 9.01. The van der Waals surface area contributed by atoms with Crippen LogP contribution in [-0.4, -0.2) is 30.8 Å². The quantitative estimate of drug-likeness (QED) is 0.331. The smallest absolute Gasteiger partial charge is 0.334 e. The second kappa shape index (κ2) is 5.27.